The number of likely N-dealkylation sites (tertiary alicyclic amines) is 1. The van der Waals surface area contributed by atoms with Gasteiger partial charge in [0.25, 0.3) is 0 Å². The fraction of sp³-hybridized carbons (Fsp3) is 0.379. The van der Waals surface area contributed by atoms with Crippen LogP contribution in [0.5, 0.6) is 5.75 Å². The van der Waals surface area contributed by atoms with E-state index in [1.165, 1.54) is 30.5 Å². The molecule has 12 heteroatoms. The highest BCUT2D eigenvalue weighted by Gasteiger charge is 2.43. The summed E-state index contributed by atoms with van der Waals surface area (Å²) in [5.41, 5.74) is 1.13. The molecule has 0 spiro atoms. The minimum Gasteiger partial charge on any atom is -0.410 e. The molecule has 0 radical (unpaired) electrons. The molecule has 2 aromatic carbocycles. The van der Waals surface area contributed by atoms with Crippen molar-refractivity contribution in [1.29, 1.82) is 5.26 Å². The van der Waals surface area contributed by atoms with Crippen LogP contribution < -0.4 is 9.64 Å². The summed E-state index contributed by atoms with van der Waals surface area (Å²) in [4.78, 5) is 36.7. The number of benzene rings is 2. The first-order chi connectivity index (χ1) is 19.9. The molecule has 3 heterocycles. The number of ether oxygens (including phenoxy) is 1. The lowest BCUT2D eigenvalue weighted by Crippen LogP contribution is -2.47. The fourth-order valence-corrected chi connectivity index (χ4v) is 5.66. The molecule has 0 bridgehead atoms. The van der Waals surface area contributed by atoms with Gasteiger partial charge in [-0.1, -0.05) is 23.7 Å². The first kappa shape index (κ1) is 28.2. The normalized spacial score (nSPS) is 19.1. The third-order valence-corrected chi connectivity index (χ3v) is 7.94. The second-order valence-corrected chi connectivity index (χ2v) is 10.5. The number of anilines is 1. The van der Waals surface area contributed by atoms with E-state index in [1.54, 1.807) is 17.0 Å². The zero-order valence-corrected chi connectivity index (χ0v) is 23.2. The molecule has 2 aliphatic heterocycles. The third kappa shape index (κ3) is 6.38. The van der Waals surface area contributed by atoms with E-state index in [0.29, 0.717) is 56.5 Å². The molecule has 41 heavy (non-hydrogen) atoms. The summed E-state index contributed by atoms with van der Waals surface area (Å²) in [6.07, 6.45) is 2.08. The van der Waals surface area contributed by atoms with E-state index in [0.717, 1.165) is 5.56 Å². The zero-order valence-electron chi connectivity index (χ0n) is 22.5. The van der Waals surface area contributed by atoms with Crippen molar-refractivity contribution in [1.82, 2.24) is 25.0 Å². The van der Waals surface area contributed by atoms with Crippen molar-refractivity contribution in [3.05, 3.63) is 76.8 Å². The summed E-state index contributed by atoms with van der Waals surface area (Å²) in [5, 5.41) is 17.4. The predicted molar refractivity (Wildman–Crippen MR) is 149 cm³/mol. The molecular formula is C29H29ClFN7O3. The van der Waals surface area contributed by atoms with Gasteiger partial charge in [0.1, 0.15) is 17.6 Å². The number of rotatable bonds is 6. The third-order valence-electron chi connectivity index (χ3n) is 7.68. The van der Waals surface area contributed by atoms with Crippen LogP contribution in [0.3, 0.4) is 0 Å². The highest BCUT2D eigenvalue weighted by atomic mass is 35.5. The lowest BCUT2D eigenvalue weighted by atomic mass is 9.93. The maximum Gasteiger partial charge on any atom is 0.415 e. The smallest absolute Gasteiger partial charge is 0.410 e. The molecule has 10 nitrogen and oxygen atoms in total. The van der Waals surface area contributed by atoms with Gasteiger partial charge in [0.15, 0.2) is 5.69 Å². The molecule has 0 aliphatic carbocycles. The molecule has 0 N–H and O–H groups in total. The number of nitrogens with zero attached hydrogens (tertiary/aromatic N) is 7. The van der Waals surface area contributed by atoms with Crippen LogP contribution >= 0.6 is 11.6 Å². The largest absolute Gasteiger partial charge is 0.415 e. The number of halogens is 2. The molecule has 5 rings (SSSR count). The Morgan fingerprint density at radius 2 is 1.80 bits per heavy atom. The zero-order chi connectivity index (χ0) is 28.9. The Hall–Kier alpha value is -4.30. The van der Waals surface area contributed by atoms with E-state index >= 15 is 0 Å². The van der Waals surface area contributed by atoms with Crippen molar-refractivity contribution in [2.45, 2.75) is 31.7 Å². The number of amides is 2. The standard InChI is InChI=1S/C29H29ClFN7O3/c1-2-38(29(40)41-24-9-7-22(31)8-10-24)26-18-37(17-25(26)19-3-5-21(30)6-4-19)27(39)20-11-13-36(14-12-20)28-33-16-23(15-32)34-35-28/h3-10,16,20,25-26H,2,11-14,17-18H2,1H3/t25-,26+/m0/s1. The molecule has 3 aromatic rings. The van der Waals surface area contributed by atoms with Gasteiger partial charge >= 0.3 is 6.09 Å². The van der Waals surface area contributed by atoms with Crippen LogP contribution in [0.2, 0.25) is 5.02 Å². The van der Waals surface area contributed by atoms with Crippen molar-refractivity contribution < 1.29 is 18.7 Å². The van der Waals surface area contributed by atoms with Crippen molar-refractivity contribution in [2.24, 2.45) is 5.92 Å². The Balaban J connectivity index is 1.30. The van der Waals surface area contributed by atoms with Crippen LogP contribution in [0.4, 0.5) is 15.1 Å². The van der Waals surface area contributed by atoms with Gasteiger partial charge in [-0.15, -0.1) is 10.2 Å². The molecule has 2 aliphatic rings. The molecule has 1 aromatic heterocycles. The van der Waals surface area contributed by atoms with Crippen LogP contribution in [-0.4, -0.2) is 75.7 Å². The minimum atomic E-state index is -0.554. The van der Waals surface area contributed by atoms with Gasteiger partial charge in [-0.3, -0.25) is 4.79 Å². The summed E-state index contributed by atoms with van der Waals surface area (Å²) in [6, 6.07) is 14.3. The molecule has 0 saturated carbocycles. The summed E-state index contributed by atoms with van der Waals surface area (Å²) in [7, 11) is 0. The molecule has 2 amide bonds. The van der Waals surface area contributed by atoms with Gasteiger partial charge < -0.3 is 19.4 Å². The quantitative estimate of drug-likeness (QED) is 0.427. The number of aromatic nitrogens is 3. The highest BCUT2D eigenvalue weighted by molar-refractivity contribution is 6.30. The summed E-state index contributed by atoms with van der Waals surface area (Å²) < 4.78 is 18.9. The van der Waals surface area contributed by atoms with Crippen molar-refractivity contribution in [2.75, 3.05) is 37.6 Å². The van der Waals surface area contributed by atoms with Crippen molar-refractivity contribution in [3.63, 3.8) is 0 Å². The summed E-state index contributed by atoms with van der Waals surface area (Å²) in [5.74, 6) is -0.00224. The Morgan fingerprint density at radius 3 is 2.41 bits per heavy atom. The van der Waals surface area contributed by atoms with E-state index < -0.39 is 11.9 Å². The summed E-state index contributed by atoms with van der Waals surface area (Å²) >= 11 is 6.14. The molecule has 212 valence electrons. The second kappa shape index (κ2) is 12.5. The second-order valence-electron chi connectivity index (χ2n) is 10.1. The van der Waals surface area contributed by atoms with Gasteiger partial charge in [0.05, 0.1) is 12.2 Å². The van der Waals surface area contributed by atoms with E-state index in [-0.39, 0.29) is 35.2 Å². The average molecular weight is 578 g/mol. The lowest BCUT2D eigenvalue weighted by molar-refractivity contribution is -0.135. The average Bonchev–Trinajstić information content (AvgIpc) is 3.44. The number of likely N-dealkylation sites (N-methyl/N-ethyl adjacent to an activating group) is 1. The van der Waals surface area contributed by atoms with Crippen molar-refractivity contribution >= 4 is 29.5 Å². The molecular weight excluding hydrogens is 549 g/mol. The monoisotopic (exact) mass is 577 g/mol. The van der Waals surface area contributed by atoms with E-state index in [4.69, 9.17) is 21.6 Å². The number of piperidine rings is 1. The fourth-order valence-electron chi connectivity index (χ4n) is 5.53. The van der Waals surface area contributed by atoms with Gasteiger partial charge in [0, 0.05) is 49.6 Å². The maximum absolute atomic E-state index is 13.7. The Labute approximate surface area is 242 Å². The number of hydrogen-bond acceptors (Lipinski definition) is 8. The molecule has 2 atom stereocenters. The maximum atomic E-state index is 13.7. The number of carbonyl (C=O) groups is 2. The van der Waals surface area contributed by atoms with Crippen LogP contribution in [0.25, 0.3) is 0 Å². The number of nitriles is 1. The first-order valence-electron chi connectivity index (χ1n) is 13.5. The van der Waals surface area contributed by atoms with Gasteiger partial charge in [-0.25, -0.2) is 14.2 Å². The SMILES string of the molecule is CCN(C(=O)Oc1ccc(F)cc1)[C@@H]1CN(C(=O)C2CCN(c3ncc(C#N)nn3)CC2)C[C@H]1c1ccc(Cl)cc1. The van der Waals surface area contributed by atoms with Crippen LogP contribution in [0.15, 0.2) is 54.7 Å². The highest BCUT2D eigenvalue weighted by Crippen LogP contribution is 2.34. The Kier molecular flexibility index (Phi) is 8.59. The Morgan fingerprint density at radius 1 is 1.10 bits per heavy atom. The van der Waals surface area contributed by atoms with E-state index in [1.807, 2.05) is 34.9 Å². The van der Waals surface area contributed by atoms with E-state index in [2.05, 4.69) is 15.2 Å². The van der Waals surface area contributed by atoms with Crippen LogP contribution in [0, 0.1) is 23.1 Å². The van der Waals surface area contributed by atoms with Crippen LogP contribution in [0.1, 0.15) is 36.9 Å². The van der Waals surface area contributed by atoms with E-state index in [9.17, 15) is 14.0 Å². The van der Waals surface area contributed by atoms with Crippen LogP contribution in [-0.2, 0) is 4.79 Å². The molecule has 2 fully saturated rings. The van der Waals surface area contributed by atoms with Gasteiger partial charge in [-0.05, 0) is 61.7 Å². The van der Waals surface area contributed by atoms with Gasteiger partial charge in [0.2, 0.25) is 11.9 Å². The molecule has 0 unspecified atom stereocenters. The molecule has 2 saturated heterocycles. The first-order valence-corrected chi connectivity index (χ1v) is 13.9. The van der Waals surface area contributed by atoms with Crippen molar-refractivity contribution in [3.8, 4) is 11.8 Å². The topological polar surface area (TPSA) is 116 Å². The van der Waals surface area contributed by atoms with Gasteiger partial charge in [-0.2, -0.15) is 5.26 Å². The predicted octanol–water partition coefficient (Wildman–Crippen LogP) is 4.27. The number of carbonyl (C=O) groups excluding carboxylic acids is 2. The summed E-state index contributed by atoms with van der Waals surface area (Å²) in [6.45, 7) is 4.23. The minimum absolute atomic E-state index is 0.0490. The lowest BCUT2D eigenvalue weighted by Gasteiger charge is -2.33. The number of hydrogen-bond donors (Lipinski definition) is 0. The Bertz CT molecular complexity index is 1410.